The SMILES string of the molecule is CC1(C)OB(c2cccc(C3=Nc4ccc(CC(=O)CCc5ccccc5)cc4CC(=O)C3)c2)OC1(C)C. The van der Waals surface area contributed by atoms with Crippen LogP contribution in [0.25, 0.3) is 0 Å². The lowest BCUT2D eigenvalue weighted by atomic mass is 9.78. The molecule has 3 aromatic carbocycles. The summed E-state index contributed by atoms with van der Waals surface area (Å²) in [5.74, 6) is 0.300. The summed E-state index contributed by atoms with van der Waals surface area (Å²) in [5, 5.41) is 0. The van der Waals surface area contributed by atoms with Gasteiger partial charge in [-0.15, -0.1) is 0 Å². The lowest BCUT2D eigenvalue weighted by Gasteiger charge is -2.32. The molecule has 0 atom stereocenters. The molecule has 5 rings (SSSR count). The molecule has 0 spiro atoms. The van der Waals surface area contributed by atoms with E-state index in [-0.39, 0.29) is 18.0 Å². The average Bonchev–Trinajstić information content (AvgIpc) is 3.00. The minimum atomic E-state index is -0.476. The third-order valence-electron chi connectivity index (χ3n) is 7.83. The van der Waals surface area contributed by atoms with Crippen LogP contribution < -0.4 is 5.46 Å². The number of ketones is 2. The third-order valence-corrected chi connectivity index (χ3v) is 7.83. The Morgan fingerprint density at radius 3 is 2.34 bits per heavy atom. The van der Waals surface area contributed by atoms with Crippen molar-refractivity contribution >= 4 is 35.5 Å². The summed E-state index contributed by atoms with van der Waals surface area (Å²) in [6.07, 6.45) is 2.17. The summed E-state index contributed by atoms with van der Waals surface area (Å²) < 4.78 is 12.5. The van der Waals surface area contributed by atoms with Gasteiger partial charge in [-0.05, 0) is 67.9 Å². The summed E-state index contributed by atoms with van der Waals surface area (Å²) in [6, 6.07) is 23.8. The minimum Gasteiger partial charge on any atom is -0.399 e. The average molecular weight is 507 g/mol. The second-order valence-corrected chi connectivity index (χ2v) is 11.3. The van der Waals surface area contributed by atoms with Crippen molar-refractivity contribution in [3.8, 4) is 0 Å². The number of nitrogens with zero attached hydrogens (tertiary/aromatic N) is 1. The predicted octanol–water partition coefficient (Wildman–Crippen LogP) is 5.37. The number of benzene rings is 3. The molecule has 5 nitrogen and oxygen atoms in total. The Bertz CT molecular complexity index is 1380. The van der Waals surface area contributed by atoms with E-state index < -0.39 is 18.3 Å². The molecule has 0 radical (unpaired) electrons. The number of carbonyl (C=O) groups excluding carboxylic acids is 2. The fraction of sp³-hybridized carbons (Fsp3) is 0.344. The number of aliphatic imine (C=N–C) groups is 1. The van der Waals surface area contributed by atoms with E-state index in [0.29, 0.717) is 19.3 Å². The van der Waals surface area contributed by atoms with Gasteiger partial charge in [0.1, 0.15) is 11.6 Å². The fourth-order valence-corrected chi connectivity index (χ4v) is 4.90. The van der Waals surface area contributed by atoms with E-state index in [0.717, 1.165) is 45.5 Å². The molecule has 6 heteroatoms. The fourth-order valence-electron chi connectivity index (χ4n) is 4.90. The first-order chi connectivity index (χ1) is 18.1. The molecule has 38 heavy (non-hydrogen) atoms. The monoisotopic (exact) mass is 507 g/mol. The van der Waals surface area contributed by atoms with Crippen molar-refractivity contribution < 1.29 is 18.9 Å². The molecule has 2 heterocycles. The molecule has 1 saturated heterocycles. The lowest BCUT2D eigenvalue weighted by Crippen LogP contribution is -2.41. The Labute approximate surface area is 225 Å². The summed E-state index contributed by atoms with van der Waals surface area (Å²) in [5.41, 5.74) is 5.43. The molecule has 0 saturated carbocycles. The van der Waals surface area contributed by atoms with E-state index in [9.17, 15) is 9.59 Å². The first-order valence-corrected chi connectivity index (χ1v) is 13.3. The molecule has 194 valence electrons. The van der Waals surface area contributed by atoms with E-state index in [2.05, 4.69) is 0 Å². The lowest BCUT2D eigenvalue weighted by molar-refractivity contribution is -0.118. The number of hydrogen-bond acceptors (Lipinski definition) is 5. The molecule has 0 unspecified atom stereocenters. The number of carbonyl (C=O) groups is 2. The van der Waals surface area contributed by atoms with Crippen LogP contribution in [0.3, 0.4) is 0 Å². The second kappa shape index (κ2) is 10.4. The predicted molar refractivity (Wildman–Crippen MR) is 152 cm³/mol. The smallest absolute Gasteiger partial charge is 0.399 e. The molecular formula is C32H34BNO4. The van der Waals surface area contributed by atoms with Gasteiger partial charge in [0.2, 0.25) is 0 Å². The quantitative estimate of drug-likeness (QED) is 0.404. The van der Waals surface area contributed by atoms with Crippen molar-refractivity contribution in [1.29, 1.82) is 0 Å². The summed E-state index contributed by atoms with van der Waals surface area (Å²) in [6.45, 7) is 8.14. The maximum absolute atomic E-state index is 12.9. The Balaban J connectivity index is 1.33. The summed E-state index contributed by atoms with van der Waals surface area (Å²) in [7, 11) is -0.476. The van der Waals surface area contributed by atoms with Gasteiger partial charge in [0.05, 0.1) is 22.6 Å². The Kier molecular flexibility index (Phi) is 7.21. The van der Waals surface area contributed by atoms with Crippen molar-refractivity contribution in [2.24, 2.45) is 4.99 Å². The van der Waals surface area contributed by atoms with Gasteiger partial charge in [0.25, 0.3) is 0 Å². The highest BCUT2D eigenvalue weighted by atomic mass is 16.7. The molecule has 3 aromatic rings. The number of rotatable bonds is 7. The summed E-state index contributed by atoms with van der Waals surface area (Å²) >= 11 is 0. The van der Waals surface area contributed by atoms with Crippen LogP contribution in [0.5, 0.6) is 0 Å². The van der Waals surface area contributed by atoms with Gasteiger partial charge < -0.3 is 9.31 Å². The molecule has 0 aliphatic carbocycles. The van der Waals surface area contributed by atoms with Gasteiger partial charge in [-0.25, -0.2) is 0 Å². The highest BCUT2D eigenvalue weighted by Gasteiger charge is 2.51. The molecular weight excluding hydrogens is 473 g/mol. The molecule has 0 N–H and O–H groups in total. The minimum absolute atomic E-state index is 0.107. The number of fused-ring (bicyclic) bond motifs is 1. The largest absolute Gasteiger partial charge is 0.494 e. The van der Waals surface area contributed by atoms with E-state index in [1.807, 2.05) is 100 Å². The maximum Gasteiger partial charge on any atom is 0.494 e. The number of Topliss-reactive ketones (excluding diaryl/α,β-unsaturated/α-hetero) is 2. The van der Waals surface area contributed by atoms with Crippen molar-refractivity contribution in [3.63, 3.8) is 0 Å². The molecule has 0 amide bonds. The molecule has 1 fully saturated rings. The normalized spacial score (nSPS) is 18.1. The Hall–Kier alpha value is -3.35. The molecule has 0 aromatic heterocycles. The first kappa shape index (κ1) is 26.3. The van der Waals surface area contributed by atoms with Gasteiger partial charge in [0.15, 0.2) is 0 Å². The van der Waals surface area contributed by atoms with Crippen molar-refractivity contribution in [2.75, 3.05) is 0 Å². The summed E-state index contributed by atoms with van der Waals surface area (Å²) in [4.78, 5) is 30.5. The van der Waals surface area contributed by atoms with Gasteiger partial charge in [-0.2, -0.15) is 0 Å². The molecule has 0 bridgehead atoms. The maximum atomic E-state index is 12.9. The van der Waals surface area contributed by atoms with Crippen molar-refractivity contribution in [3.05, 3.63) is 95.1 Å². The van der Waals surface area contributed by atoms with Crippen LogP contribution in [0.4, 0.5) is 5.69 Å². The van der Waals surface area contributed by atoms with Crippen LogP contribution in [0.1, 0.15) is 62.8 Å². The van der Waals surface area contributed by atoms with Gasteiger partial charge >= 0.3 is 7.12 Å². The van der Waals surface area contributed by atoms with Crippen molar-refractivity contribution in [1.82, 2.24) is 0 Å². The molecule has 2 aliphatic heterocycles. The zero-order valence-corrected chi connectivity index (χ0v) is 22.6. The van der Waals surface area contributed by atoms with Crippen LogP contribution >= 0.6 is 0 Å². The highest BCUT2D eigenvalue weighted by molar-refractivity contribution is 6.62. The van der Waals surface area contributed by atoms with Crippen LogP contribution in [0.2, 0.25) is 0 Å². The first-order valence-electron chi connectivity index (χ1n) is 13.3. The van der Waals surface area contributed by atoms with Crippen molar-refractivity contribution in [2.45, 2.75) is 71.0 Å². The van der Waals surface area contributed by atoms with Gasteiger partial charge in [0, 0.05) is 25.7 Å². The number of hydrogen-bond donors (Lipinski definition) is 0. The van der Waals surface area contributed by atoms with E-state index in [4.69, 9.17) is 14.3 Å². The topological polar surface area (TPSA) is 65.0 Å². The van der Waals surface area contributed by atoms with Gasteiger partial charge in [-0.3, -0.25) is 14.6 Å². The standard InChI is InChI=1S/C32H34BNO4/c1-31(2)32(3,4)38-33(37-31)26-12-8-11-24(19-26)30-21-28(36)20-25-17-23(14-16-29(25)34-30)18-27(35)15-13-22-9-6-5-7-10-22/h5-12,14,16-17,19H,13,15,18,20-21H2,1-4H3. The zero-order valence-electron chi connectivity index (χ0n) is 22.6. The number of aryl methyl sites for hydroxylation is 1. The second-order valence-electron chi connectivity index (χ2n) is 11.3. The third kappa shape index (κ3) is 5.72. The van der Waals surface area contributed by atoms with Crippen LogP contribution in [-0.4, -0.2) is 35.6 Å². The Morgan fingerprint density at radius 1 is 0.868 bits per heavy atom. The highest BCUT2D eigenvalue weighted by Crippen LogP contribution is 2.36. The van der Waals surface area contributed by atoms with E-state index in [1.165, 1.54) is 0 Å². The van der Waals surface area contributed by atoms with E-state index in [1.54, 1.807) is 0 Å². The Morgan fingerprint density at radius 2 is 1.61 bits per heavy atom. The zero-order chi connectivity index (χ0) is 26.9. The van der Waals surface area contributed by atoms with Crippen LogP contribution in [0.15, 0.2) is 77.8 Å². The van der Waals surface area contributed by atoms with Gasteiger partial charge in [-0.1, -0.05) is 66.7 Å². The van der Waals surface area contributed by atoms with E-state index >= 15 is 0 Å². The molecule has 2 aliphatic rings. The van der Waals surface area contributed by atoms with Crippen LogP contribution in [-0.2, 0) is 38.2 Å². The van der Waals surface area contributed by atoms with Crippen LogP contribution in [0, 0.1) is 0 Å².